The molecule has 148 valence electrons. The van der Waals surface area contributed by atoms with Crippen LogP contribution in [0, 0.1) is 0 Å². The monoisotopic (exact) mass is 468 g/mol. The summed E-state index contributed by atoms with van der Waals surface area (Å²) in [4.78, 5) is 4.99. The maximum Gasteiger partial charge on any atom is 0.127 e. The normalized spacial score (nSPS) is 19.1. The first-order valence-corrected chi connectivity index (χ1v) is 10.9. The first-order chi connectivity index (χ1) is 14.0. The lowest BCUT2D eigenvalue weighted by Gasteiger charge is -2.31. The number of benzene rings is 3. The molecule has 3 nitrogen and oxygen atoms in total. The Labute approximate surface area is 184 Å². The van der Waals surface area contributed by atoms with E-state index >= 15 is 0 Å². The van der Waals surface area contributed by atoms with Gasteiger partial charge in [-0.3, -0.25) is 10.3 Å². The van der Waals surface area contributed by atoms with Gasteiger partial charge in [0, 0.05) is 38.8 Å². The molecule has 0 aromatic heterocycles. The number of nitrogens with zero attached hydrogens (tertiary/aromatic N) is 1. The van der Waals surface area contributed by atoms with Gasteiger partial charge in [0.1, 0.15) is 11.9 Å². The highest BCUT2D eigenvalue weighted by Gasteiger charge is 2.28. The molecule has 0 amide bonds. The number of rotatable bonds is 4. The molecule has 5 heteroatoms. The third kappa shape index (κ3) is 4.40. The van der Waals surface area contributed by atoms with Crippen molar-refractivity contribution in [3.8, 4) is 5.75 Å². The molecule has 0 fully saturated rings. The van der Waals surface area contributed by atoms with Gasteiger partial charge in [-0.25, -0.2) is 0 Å². The molecule has 0 saturated heterocycles. The fourth-order valence-electron chi connectivity index (χ4n) is 3.67. The lowest BCUT2D eigenvalue weighted by atomic mass is 9.93. The van der Waals surface area contributed by atoms with Crippen molar-refractivity contribution in [2.75, 3.05) is 0 Å². The first kappa shape index (κ1) is 20.1. The number of nitrogens with one attached hydrogen (secondary N) is 1. The van der Waals surface area contributed by atoms with E-state index in [0.29, 0.717) is 11.4 Å². The highest BCUT2D eigenvalue weighted by atomic mass is 79.9. The molecule has 0 saturated carbocycles. The van der Waals surface area contributed by atoms with Crippen LogP contribution < -0.4 is 5.32 Å². The van der Waals surface area contributed by atoms with Crippen LogP contribution in [0.15, 0.2) is 76.2 Å². The predicted octanol–water partition coefficient (Wildman–Crippen LogP) is 6.59. The zero-order valence-electron chi connectivity index (χ0n) is 16.1. The van der Waals surface area contributed by atoms with E-state index in [4.69, 9.17) is 16.6 Å². The Hall–Kier alpha value is -2.14. The van der Waals surface area contributed by atoms with Crippen LogP contribution in [0.5, 0.6) is 5.75 Å². The summed E-state index contributed by atoms with van der Waals surface area (Å²) in [5.41, 5.74) is 5.16. The topological polar surface area (TPSA) is 44.6 Å². The van der Waals surface area contributed by atoms with Crippen LogP contribution in [0.2, 0.25) is 5.02 Å². The molecule has 0 unspecified atom stereocenters. The van der Waals surface area contributed by atoms with Crippen LogP contribution in [0.3, 0.4) is 0 Å². The van der Waals surface area contributed by atoms with E-state index in [-0.39, 0.29) is 18.0 Å². The zero-order valence-corrected chi connectivity index (χ0v) is 18.4. The fraction of sp³-hybridized carbons (Fsp3) is 0.208. The highest BCUT2D eigenvalue weighted by molar-refractivity contribution is 9.10. The summed E-state index contributed by atoms with van der Waals surface area (Å²) >= 11 is 10.00. The Balaban J connectivity index is 1.77. The van der Waals surface area contributed by atoms with Crippen LogP contribution in [0.25, 0.3) is 0 Å². The first-order valence-electron chi connectivity index (χ1n) is 9.70. The number of hydrogen-bond donors (Lipinski definition) is 2. The molecule has 29 heavy (non-hydrogen) atoms. The maximum atomic E-state index is 10.5. The molecule has 2 atom stereocenters. The SMILES string of the molecule is CCc1ccc(C2=N[C@@H](c3ccccc3Cl)N[C@H](c3cc(Br)ccc3O)C2)cc1. The smallest absolute Gasteiger partial charge is 0.127 e. The van der Waals surface area contributed by atoms with Crippen molar-refractivity contribution in [2.45, 2.75) is 32.0 Å². The average Bonchev–Trinajstić information content (AvgIpc) is 2.75. The number of aryl methyl sites for hydroxylation is 1. The van der Waals surface area contributed by atoms with E-state index in [1.54, 1.807) is 6.07 Å². The van der Waals surface area contributed by atoms with Crippen LogP contribution in [0.4, 0.5) is 0 Å². The molecule has 1 aliphatic rings. The van der Waals surface area contributed by atoms with Crippen molar-refractivity contribution in [3.63, 3.8) is 0 Å². The van der Waals surface area contributed by atoms with Crippen molar-refractivity contribution >= 4 is 33.2 Å². The Bertz CT molecular complexity index is 1050. The van der Waals surface area contributed by atoms with Gasteiger partial charge >= 0.3 is 0 Å². The largest absolute Gasteiger partial charge is 0.508 e. The van der Waals surface area contributed by atoms with Gasteiger partial charge in [0.05, 0.1) is 0 Å². The van der Waals surface area contributed by atoms with Crippen LogP contribution in [-0.4, -0.2) is 10.8 Å². The summed E-state index contributed by atoms with van der Waals surface area (Å²) in [6, 6.07) is 21.7. The minimum atomic E-state index is -0.290. The van der Waals surface area contributed by atoms with Gasteiger partial charge in [-0.1, -0.05) is 76.9 Å². The number of hydrogen-bond acceptors (Lipinski definition) is 3. The second-order valence-electron chi connectivity index (χ2n) is 7.18. The van der Waals surface area contributed by atoms with Gasteiger partial charge in [-0.2, -0.15) is 0 Å². The molecular weight excluding hydrogens is 448 g/mol. The molecule has 0 aliphatic carbocycles. The molecular formula is C24H22BrClN2O. The molecule has 1 heterocycles. The standard InChI is InChI=1S/C24H22BrClN2O/c1-2-15-7-9-16(10-8-15)21-14-22(19-13-17(25)11-12-23(19)29)28-24(27-21)18-5-3-4-6-20(18)26/h3-13,22,24,28-29H,2,14H2,1H3/t22-,24+/m0/s1. The zero-order chi connectivity index (χ0) is 20.4. The lowest BCUT2D eigenvalue weighted by molar-refractivity contribution is 0.412. The van der Waals surface area contributed by atoms with Crippen LogP contribution >= 0.6 is 27.5 Å². The summed E-state index contributed by atoms with van der Waals surface area (Å²) in [7, 11) is 0. The van der Waals surface area contributed by atoms with Gasteiger partial charge in [-0.15, -0.1) is 0 Å². The van der Waals surface area contributed by atoms with E-state index in [1.165, 1.54) is 5.56 Å². The van der Waals surface area contributed by atoms with Crippen molar-refractivity contribution < 1.29 is 5.11 Å². The average molecular weight is 470 g/mol. The van der Waals surface area contributed by atoms with E-state index in [9.17, 15) is 5.11 Å². The van der Waals surface area contributed by atoms with Crippen molar-refractivity contribution in [2.24, 2.45) is 4.99 Å². The van der Waals surface area contributed by atoms with Gasteiger partial charge in [0.2, 0.25) is 0 Å². The minimum Gasteiger partial charge on any atom is -0.508 e. The summed E-state index contributed by atoms with van der Waals surface area (Å²) in [6.45, 7) is 2.15. The Morgan fingerprint density at radius 3 is 2.55 bits per heavy atom. The predicted molar refractivity (Wildman–Crippen MR) is 123 cm³/mol. The quantitative estimate of drug-likeness (QED) is 0.452. The summed E-state index contributed by atoms with van der Waals surface area (Å²) in [5, 5.41) is 14.7. The number of halogens is 2. The maximum absolute atomic E-state index is 10.5. The second-order valence-corrected chi connectivity index (χ2v) is 8.50. The number of aliphatic imine (C=N–C) groups is 1. The molecule has 3 aromatic carbocycles. The third-order valence-corrected chi connectivity index (χ3v) is 6.14. The summed E-state index contributed by atoms with van der Waals surface area (Å²) in [6.07, 6.45) is 1.39. The number of phenolic OH excluding ortho intramolecular Hbond substituents is 1. The Morgan fingerprint density at radius 2 is 1.83 bits per heavy atom. The Morgan fingerprint density at radius 1 is 1.07 bits per heavy atom. The molecule has 0 bridgehead atoms. The summed E-state index contributed by atoms with van der Waals surface area (Å²) < 4.78 is 0.928. The van der Waals surface area contributed by atoms with Crippen LogP contribution in [0.1, 0.15) is 47.8 Å². The van der Waals surface area contributed by atoms with Crippen molar-refractivity contribution in [1.29, 1.82) is 0 Å². The van der Waals surface area contributed by atoms with Gasteiger partial charge in [0.25, 0.3) is 0 Å². The minimum absolute atomic E-state index is 0.0906. The number of phenols is 1. The van der Waals surface area contributed by atoms with Crippen LogP contribution in [-0.2, 0) is 6.42 Å². The molecule has 0 radical (unpaired) electrons. The lowest BCUT2D eigenvalue weighted by Crippen LogP contribution is -2.33. The third-order valence-electron chi connectivity index (χ3n) is 5.30. The van der Waals surface area contributed by atoms with Crippen molar-refractivity contribution in [1.82, 2.24) is 5.32 Å². The summed E-state index contributed by atoms with van der Waals surface area (Å²) in [5.74, 6) is 0.270. The fourth-order valence-corrected chi connectivity index (χ4v) is 4.29. The second kappa shape index (κ2) is 8.70. The van der Waals surface area contributed by atoms with E-state index in [2.05, 4.69) is 52.4 Å². The van der Waals surface area contributed by atoms with Gasteiger partial charge in [-0.05, 0) is 41.8 Å². The highest BCUT2D eigenvalue weighted by Crippen LogP contribution is 2.37. The van der Waals surface area contributed by atoms with E-state index < -0.39 is 0 Å². The number of aromatic hydroxyl groups is 1. The molecule has 3 aromatic rings. The van der Waals surface area contributed by atoms with Crippen molar-refractivity contribution in [3.05, 3.63) is 98.5 Å². The van der Waals surface area contributed by atoms with E-state index in [0.717, 1.165) is 33.3 Å². The Kier molecular flexibility index (Phi) is 6.04. The van der Waals surface area contributed by atoms with Gasteiger partial charge in [0.15, 0.2) is 0 Å². The molecule has 1 aliphatic heterocycles. The molecule has 2 N–H and O–H groups in total. The molecule has 0 spiro atoms. The van der Waals surface area contributed by atoms with Gasteiger partial charge < -0.3 is 5.11 Å². The van der Waals surface area contributed by atoms with E-state index in [1.807, 2.05) is 36.4 Å². The molecule has 4 rings (SSSR count).